The van der Waals surface area contributed by atoms with Gasteiger partial charge in [0.2, 0.25) is 0 Å². The molecule has 4 heteroatoms. The van der Waals surface area contributed by atoms with E-state index in [-0.39, 0.29) is 23.1 Å². The van der Waals surface area contributed by atoms with E-state index in [1.165, 1.54) is 0 Å². The van der Waals surface area contributed by atoms with Crippen molar-refractivity contribution in [1.82, 2.24) is 0 Å². The van der Waals surface area contributed by atoms with Crippen molar-refractivity contribution in [3.8, 4) is 11.5 Å². The third kappa shape index (κ3) is 2.49. The minimum absolute atomic E-state index is 0.00557. The van der Waals surface area contributed by atoms with Crippen molar-refractivity contribution in [1.29, 1.82) is 0 Å². The molecule has 2 fully saturated rings. The number of aliphatic hydroxyl groups is 1. The Hall–Kier alpha value is -1.55. The fourth-order valence-corrected chi connectivity index (χ4v) is 5.88. The summed E-state index contributed by atoms with van der Waals surface area (Å²) in [6.07, 6.45) is 5.13. The zero-order valence-corrected chi connectivity index (χ0v) is 15.1. The number of ether oxygens (including phenoxy) is 1. The van der Waals surface area contributed by atoms with Crippen LogP contribution >= 0.6 is 0 Å². The number of phenolic OH excluding ortho intramolecular Hbond substituents is 1. The Balaban J connectivity index is 1.78. The molecule has 4 rings (SSSR count). The molecule has 0 unspecified atom stereocenters. The lowest BCUT2D eigenvalue weighted by molar-refractivity contribution is -0.0199. The van der Waals surface area contributed by atoms with E-state index in [1.807, 2.05) is 13.0 Å². The Morgan fingerprint density at radius 2 is 2.04 bits per heavy atom. The number of ketones is 1. The number of Topliss-reactive ketones (excluding diaryl/α,β-unsaturated/α-hetero) is 1. The number of carbonyl (C=O) groups excluding carboxylic acids is 1. The lowest BCUT2D eigenvalue weighted by atomic mass is 9.58. The van der Waals surface area contributed by atoms with Gasteiger partial charge in [-0.05, 0) is 79.9 Å². The van der Waals surface area contributed by atoms with E-state index in [1.54, 1.807) is 6.07 Å². The van der Waals surface area contributed by atoms with Crippen molar-refractivity contribution in [2.75, 3.05) is 6.61 Å². The molecule has 1 aromatic rings. The maximum Gasteiger partial charge on any atom is 0.163 e. The van der Waals surface area contributed by atoms with E-state index in [9.17, 15) is 15.0 Å². The molecule has 5 atom stereocenters. The van der Waals surface area contributed by atoms with Gasteiger partial charge in [-0.3, -0.25) is 4.79 Å². The van der Waals surface area contributed by atoms with Gasteiger partial charge in [0.1, 0.15) is 0 Å². The van der Waals surface area contributed by atoms with Crippen molar-refractivity contribution in [3.63, 3.8) is 0 Å². The zero-order chi connectivity index (χ0) is 17.8. The Morgan fingerprint density at radius 1 is 1.24 bits per heavy atom. The first-order valence-electron chi connectivity index (χ1n) is 9.66. The molecule has 0 radical (unpaired) electrons. The van der Waals surface area contributed by atoms with Gasteiger partial charge in [0.15, 0.2) is 17.3 Å². The average molecular weight is 344 g/mol. The van der Waals surface area contributed by atoms with Crippen LogP contribution in [0.5, 0.6) is 11.5 Å². The van der Waals surface area contributed by atoms with Crippen LogP contribution < -0.4 is 4.74 Å². The molecular weight excluding hydrogens is 316 g/mol. The summed E-state index contributed by atoms with van der Waals surface area (Å²) >= 11 is 0. The van der Waals surface area contributed by atoms with Crippen LogP contribution in [-0.2, 0) is 0 Å². The number of hydrogen-bond donors (Lipinski definition) is 2. The highest BCUT2D eigenvalue weighted by Gasteiger charge is 2.54. The summed E-state index contributed by atoms with van der Waals surface area (Å²) in [5.41, 5.74) is 1.72. The van der Waals surface area contributed by atoms with E-state index >= 15 is 0 Å². The lowest BCUT2D eigenvalue weighted by Gasteiger charge is -2.47. The highest BCUT2D eigenvalue weighted by Crippen LogP contribution is 2.60. The number of rotatable bonds is 2. The summed E-state index contributed by atoms with van der Waals surface area (Å²) in [5, 5.41) is 20.7. The van der Waals surface area contributed by atoms with Gasteiger partial charge in [-0.25, -0.2) is 0 Å². The van der Waals surface area contributed by atoms with Crippen molar-refractivity contribution in [3.05, 3.63) is 23.3 Å². The number of phenols is 1. The largest absolute Gasteiger partial charge is 0.504 e. The number of fused-ring (bicyclic) bond motifs is 5. The second-order valence-corrected chi connectivity index (χ2v) is 8.32. The first kappa shape index (κ1) is 16.9. The molecule has 0 heterocycles. The first-order valence-corrected chi connectivity index (χ1v) is 9.66. The fraction of sp³-hybridized carbons (Fsp3) is 0.667. The van der Waals surface area contributed by atoms with Crippen LogP contribution in [0.25, 0.3) is 0 Å². The van der Waals surface area contributed by atoms with Crippen LogP contribution in [0, 0.1) is 17.3 Å². The molecule has 3 aliphatic rings. The Morgan fingerprint density at radius 3 is 2.80 bits per heavy atom. The van der Waals surface area contributed by atoms with Crippen LogP contribution in [0.2, 0.25) is 0 Å². The molecule has 0 aromatic heterocycles. The SMILES string of the molecule is CCOc1cc2c(cc1O)C(=O)CC[C@@H]1[C@@H]2CC[C@]2(C)[C@@H](O)CC[C@@H]12. The molecule has 2 N–H and O–H groups in total. The predicted octanol–water partition coefficient (Wildman–Crippen LogP) is 4.04. The maximum absolute atomic E-state index is 12.7. The molecule has 1 aromatic carbocycles. The molecule has 2 saturated carbocycles. The summed E-state index contributed by atoms with van der Waals surface area (Å²) in [7, 11) is 0. The molecule has 136 valence electrons. The van der Waals surface area contributed by atoms with Crippen LogP contribution in [0.15, 0.2) is 12.1 Å². The number of hydrogen-bond acceptors (Lipinski definition) is 4. The smallest absolute Gasteiger partial charge is 0.163 e. The number of carbonyl (C=O) groups is 1. The van der Waals surface area contributed by atoms with E-state index in [2.05, 4.69) is 6.92 Å². The van der Waals surface area contributed by atoms with E-state index in [4.69, 9.17) is 4.74 Å². The van der Waals surface area contributed by atoms with E-state index < -0.39 is 0 Å². The molecule has 3 aliphatic carbocycles. The van der Waals surface area contributed by atoms with Crippen molar-refractivity contribution in [2.45, 2.75) is 64.4 Å². The Kier molecular flexibility index (Phi) is 4.06. The first-order chi connectivity index (χ1) is 12.0. The number of aromatic hydroxyl groups is 1. The predicted molar refractivity (Wildman–Crippen MR) is 95.1 cm³/mol. The van der Waals surface area contributed by atoms with Crippen LogP contribution in [0.4, 0.5) is 0 Å². The van der Waals surface area contributed by atoms with Gasteiger partial charge in [-0.1, -0.05) is 6.92 Å². The van der Waals surface area contributed by atoms with Gasteiger partial charge in [0.25, 0.3) is 0 Å². The molecule has 4 nitrogen and oxygen atoms in total. The summed E-state index contributed by atoms with van der Waals surface area (Å²) in [6.45, 7) is 4.62. The van der Waals surface area contributed by atoms with Gasteiger partial charge < -0.3 is 14.9 Å². The van der Waals surface area contributed by atoms with Gasteiger partial charge >= 0.3 is 0 Å². The molecule has 0 aliphatic heterocycles. The molecular formula is C21H28O4. The topological polar surface area (TPSA) is 66.8 Å². The normalized spacial score (nSPS) is 37.0. The zero-order valence-electron chi connectivity index (χ0n) is 15.1. The monoisotopic (exact) mass is 344 g/mol. The van der Waals surface area contributed by atoms with Crippen molar-refractivity contribution in [2.24, 2.45) is 17.3 Å². The van der Waals surface area contributed by atoms with Gasteiger partial charge in [0.05, 0.1) is 12.7 Å². The molecule has 0 spiro atoms. The van der Waals surface area contributed by atoms with Crippen molar-refractivity contribution < 1.29 is 19.7 Å². The second-order valence-electron chi connectivity index (χ2n) is 8.32. The van der Waals surface area contributed by atoms with Gasteiger partial charge in [-0.2, -0.15) is 0 Å². The lowest BCUT2D eigenvalue weighted by Crippen LogP contribution is -2.42. The second kappa shape index (κ2) is 6.01. The summed E-state index contributed by atoms with van der Waals surface area (Å²) < 4.78 is 5.58. The number of aliphatic hydroxyl groups excluding tert-OH is 1. The Labute approximate surface area is 149 Å². The summed E-state index contributed by atoms with van der Waals surface area (Å²) in [6, 6.07) is 3.52. The molecule has 0 saturated heterocycles. The van der Waals surface area contributed by atoms with Gasteiger partial charge in [-0.15, -0.1) is 0 Å². The van der Waals surface area contributed by atoms with E-state index in [0.29, 0.717) is 42.1 Å². The molecule has 25 heavy (non-hydrogen) atoms. The minimum Gasteiger partial charge on any atom is -0.504 e. The average Bonchev–Trinajstić information content (AvgIpc) is 2.82. The molecule has 0 bridgehead atoms. The third-order valence-electron chi connectivity index (χ3n) is 7.22. The fourth-order valence-electron chi connectivity index (χ4n) is 5.88. The van der Waals surface area contributed by atoms with Gasteiger partial charge in [0, 0.05) is 12.0 Å². The van der Waals surface area contributed by atoms with Crippen LogP contribution in [0.3, 0.4) is 0 Å². The third-order valence-corrected chi connectivity index (χ3v) is 7.22. The summed E-state index contributed by atoms with van der Waals surface area (Å²) in [4.78, 5) is 12.7. The highest BCUT2D eigenvalue weighted by molar-refractivity contribution is 5.98. The van der Waals surface area contributed by atoms with Crippen LogP contribution in [-0.4, -0.2) is 28.7 Å². The molecule has 0 amide bonds. The maximum atomic E-state index is 12.7. The summed E-state index contributed by atoms with van der Waals surface area (Å²) in [5.74, 6) is 1.90. The van der Waals surface area contributed by atoms with E-state index in [0.717, 1.165) is 37.7 Å². The number of benzene rings is 1. The quantitative estimate of drug-likeness (QED) is 0.850. The standard InChI is InChI=1S/C21H28O4/c1-3-25-19-11-14-12-8-9-21(2)16(5-7-20(21)24)13(12)4-6-17(22)15(14)10-18(19)23/h10-13,16,20,23-24H,3-9H2,1-2H3/t12-,13+,16-,20-,21-/m0/s1. The van der Waals surface area contributed by atoms with Crippen molar-refractivity contribution >= 4 is 5.78 Å². The Bertz CT molecular complexity index is 697. The highest BCUT2D eigenvalue weighted by atomic mass is 16.5. The van der Waals surface area contributed by atoms with Crippen LogP contribution in [0.1, 0.15) is 74.2 Å². The minimum atomic E-state index is -0.212.